The minimum Gasteiger partial charge on any atom is -0.350 e. The van der Waals surface area contributed by atoms with Crippen molar-refractivity contribution in [2.75, 3.05) is 23.5 Å². The molecule has 0 saturated heterocycles. The summed E-state index contributed by atoms with van der Waals surface area (Å²) >= 11 is 0. The van der Waals surface area contributed by atoms with Crippen molar-refractivity contribution in [2.24, 2.45) is 0 Å². The number of nitro benzene ring substituents is 1. The number of non-ortho nitro benzene ring substituents is 1. The second kappa shape index (κ2) is 7.43. The molecular formula is C16H20N6O4S. The van der Waals surface area contributed by atoms with Crippen molar-refractivity contribution >= 4 is 27.4 Å². The van der Waals surface area contributed by atoms with Crippen LogP contribution in [0.5, 0.6) is 0 Å². The van der Waals surface area contributed by atoms with Gasteiger partial charge in [0.1, 0.15) is 6.33 Å². The van der Waals surface area contributed by atoms with Crippen molar-refractivity contribution in [3.63, 3.8) is 0 Å². The average molecular weight is 392 g/mol. The topological polar surface area (TPSA) is 131 Å². The molecule has 1 aliphatic carbocycles. The predicted octanol–water partition coefficient (Wildman–Crippen LogP) is 1.40. The summed E-state index contributed by atoms with van der Waals surface area (Å²) in [5.74, 6) is 0.745. The molecule has 1 heterocycles. The molecule has 1 aliphatic rings. The largest absolute Gasteiger partial charge is 0.350 e. The van der Waals surface area contributed by atoms with Gasteiger partial charge in [-0.15, -0.1) is 0 Å². The fourth-order valence-electron chi connectivity index (χ4n) is 2.92. The van der Waals surface area contributed by atoms with Gasteiger partial charge in [-0.3, -0.25) is 10.1 Å². The van der Waals surface area contributed by atoms with Gasteiger partial charge in [0.25, 0.3) is 5.69 Å². The number of nitro groups is 1. The van der Waals surface area contributed by atoms with E-state index in [1.165, 1.54) is 24.7 Å². The van der Waals surface area contributed by atoms with E-state index in [2.05, 4.69) is 20.3 Å². The van der Waals surface area contributed by atoms with Gasteiger partial charge in [-0.05, 0) is 18.4 Å². The number of aromatic nitrogens is 3. The minimum absolute atomic E-state index is 0.0361. The Morgan fingerprint density at radius 2 is 1.96 bits per heavy atom. The summed E-state index contributed by atoms with van der Waals surface area (Å²) in [5, 5.41) is 13.4. The lowest BCUT2D eigenvalue weighted by atomic mass is 9.92. The Morgan fingerprint density at radius 3 is 2.52 bits per heavy atom. The fourth-order valence-corrected chi connectivity index (χ4v) is 4.29. The first kappa shape index (κ1) is 19.0. The highest BCUT2D eigenvalue weighted by Gasteiger charge is 2.38. The van der Waals surface area contributed by atoms with Crippen LogP contribution in [0.2, 0.25) is 0 Å². The van der Waals surface area contributed by atoms with E-state index in [-0.39, 0.29) is 11.7 Å². The molecule has 27 heavy (non-hydrogen) atoms. The molecule has 10 nitrogen and oxygen atoms in total. The zero-order valence-corrected chi connectivity index (χ0v) is 15.8. The maximum absolute atomic E-state index is 11.7. The van der Waals surface area contributed by atoms with Crippen molar-refractivity contribution in [1.29, 1.82) is 0 Å². The first-order chi connectivity index (χ1) is 12.7. The zero-order valence-electron chi connectivity index (χ0n) is 14.9. The lowest BCUT2D eigenvalue weighted by molar-refractivity contribution is -0.384. The number of nitrogens with one attached hydrogen (secondary N) is 1. The van der Waals surface area contributed by atoms with Crippen molar-refractivity contribution in [3.8, 4) is 0 Å². The van der Waals surface area contributed by atoms with E-state index in [1.807, 2.05) is 0 Å². The minimum atomic E-state index is -3.10. The molecule has 1 fully saturated rings. The van der Waals surface area contributed by atoms with Gasteiger partial charge in [0, 0.05) is 38.0 Å². The van der Waals surface area contributed by atoms with E-state index in [4.69, 9.17) is 0 Å². The van der Waals surface area contributed by atoms with E-state index in [9.17, 15) is 18.5 Å². The molecule has 1 saturated carbocycles. The van der Waals surface area contributed by atoms with Gasteiger partial charge in [0.15, 0.2) is 9.84 Å². The van der Waals surface area contributed by atoms with E-state index in [0.717, 1.165) is 12.0 Å². The Bertz CT molecular complexity index is 934. The molecule has 2 aromatic rings. The number of sulfone groups is 1. The number of nitrogens with zero attached hydrogens (tertiary/aromatic N) is 5. The second-order valence-corrected chi connectivity index (χ2v) is 8.85. The smallest absolute Gasteiger partial charge is 0.269 e. The summed E-state index contributed by atoms with van der Waals surface area (Å²) in [6.45, 7) is 0.455. The molecule has 144 valence electrons. The molecule has 1 N–H and O–H groups in total. The van der Waals surface area contributed by atoms with Crippen LogP contribution in [-0.4, -0.2) is 52.9 Å². The Morgan fingerprint density at radius 1 is 1.26 bits per heavy atom. The van der Waals surface area contributed by atoms with Gasteiger partial charge in [-0.2, -0.15) is 4.98 Å². The van der Waals surface area contributed by atoms with Crippen LogP contribution in [0.3, 0.4) is 0 Å². The first-order valence-corrected chi connectivity index (χ1v) is 10.3. The van der Waals surface area contributed by atoms with E-state index in [1.54, 1.807) is 24.1 Å². The molecule has 0 radical (unpaired) electrons. The summed E-state index contributed by atoms with van der Waals surface area (Å²) in [4.78, 5) is 24.6. The third-order valence-electron chi connectivity index (χ3n) is 4.54. The van der Waals surface area contributed by atoms with E-state index < -0.39 is 20.0 Å². The molecule has 2 atom stereocenters. The lowest BCUT2D eigenvalue weighted by Crippen LogP contribution is -2.47. The Labute approximate surface area is 156 Å². The van der Waals surface area contributed by atoms with E-state index in [0.29, 0.717) is 24.9 Å². The molecule has 11 heteroatoms. The SMILES string of the molecule is CN(Cc1ccc([N+](=O)[O-])cc1)c1ncnc(N[C@@H]2CC[C@H]2S(C)(=O)=O)n1. The normalized spacial score (nSPS) is 19.2. The second-order valence-electron chi connectivity index (χ2n) is 6.58. The maximum Gasteiger partial charge on any atom is 0.269 e. The van der Waals surface area contributed by atoms with Crippen LogP contribution in [0, 0.1) is 10.1 Å². The van der Waals surface area contributed by atoms with Crippen LogP contribution >= 0.6 is 0 Å². The number of benzene rings is 1. The van der Waals surface area contributed by atoms with Crippen molar-refractivity contribution < 1.29 is 13.3 Å². The standard InChI is InChI=1S/C16H20N6O4S/c1-21(9-11-3-5-12(6-4-11)22(23)24)16-18-10-17-15(20-16)19-13-7-8-14(13)27(2,25)26/h3-6,10,13-14H,7-9H2,1-2H3,(H,17,18,19,20)/t13-,14-/m1/s1. The lowest BCUT2D eigenvalue weighted by Gasteiger charge is -2.35. The van der Waals surface area contributed by atoms with Crippen LogP contribution in [0.25, 0.3) is 0 Å². The third kappa shape index (κ3) is 4.48. The summed E-state index contributed by atoms with van der Waals surface area (Å²) in [6.07, 6.45) is 3.99. The average Bonchev–Trinajstić information content (AvgIpc) is 2.58. The van der Waals surface area contributed by atoms with Crippen molar-refractivity contribution in [1.82, 2.24) is 15.0 Å². The molecule has 0 amide bonds. The highest BCUT2D eigenvalue weighted by Crippen LogP contribution is 2.29. The quantitative estimate of drug-likeness (QED) is 0.548. The third-order valence-corrected chi connectivity index (χ3v) is 6.21. The first-order valence-electron chi connectivity index (χ1n) is 8.33. The number of hydrogen-bond acceptors (Lipinski definition) is 9. The highest BCUT2D eigenvalue weighted by molar-refractivity contribution is 7.91. The molecule has 1 aromatic carbocycles. The van der Waals surface area contributed by atoms with Gasteiger partial charge in [0.05, 0.1) is 10.2 Å². The van der Waals surface area contributed by atoms with Gasteiger partial charge >= 0.3 is 0 Å². The fraction of sp³-hybridized carbons (Fsp3) is 0.438. The van der Waals surface area contributed by atoms with Gasteiger partial charge < -0.3 is 10.2 Å². The van der Waals surface area contributed by atoms with Crippen LogP contribution in [0.15, 0.2) is 30.6 Å². The number of rotatable bonds is 7. The summed E-state index contributed by atoms with van der Waals surface area (Å²) < 4.78 is 23.4. The molecule has 1 aromatic heterocycles. The molecule has 0 aliphatic heterocycles. The zero-order chi connectivity index (χ0) is 19.6. The predicted molar refractivity (Wildman–Crippen MR) is 100 cm³/mol. The Kier molecular flexibility index (Phi) is 5.22. The summed E-state index contributed by atoms with van der Waals surface area (Å²) in [6, 6.07) is 6.06. The summed E-state index contributed by atoms with van der Waals surface area (Å²) in [7, 11) is -1.31. The summed E-state index contributed by atoms with van der Waals surface area (Å²) in [5.41, 5.74) is 0.906. The monoisotopic (exact) mass is 392 g/mol. The highest BCUT2D eigenvalue weighted by atomic mass is 32.2. The maximum atomic E-state index is 11.7. The molecule has 3 rings (SSSR count). The Hall–Kier alpha value is -2.82. The number of hydrogen-bond donors (Lipinski definition) is 1. The molecular weight excluding hydrogens is 372 g/mol. The van der Waals surface area contributed by atoms with Crippen molar-refractivity contribution in [2.45, 2.75) is 30.7 Å². The van der Waals surface area contributed by atoms with Crippen LogP contribution in [0.1, 0.15) is 18.4 Å². The van der Waals surface area contributed by atoms with Crippen LogP contribution in [0.4, 0.5) is 17.6 Å². The van der Waals surface area contributed by atoms with Gasteiger partial charge in [-0.25, -0.2) is 18.4 Å². The van der Waals surface area contributed by atoms with Gasteiger partial charge in [-0.1, -0.05) is 12.1 Å². The molecule has 0 spiro atoms. The van der Waals surface area contributed by atoms with Crippen LogP contribution in [-0.2, 0) is 16.4 Å². The van der Waals surface area contributed by atoms with E-state index >= 15 is 0 Å². The van der Waals surface area contributed by atoms with Crippen LogP contribution < -0.4 is 10.2 Å². The van der Waals surface area contributed by atoms with Crippen molar-refractivity contribution in [3.05, 3.63) is 46.3 Å². The van der Waals surface area contributed by atoms with Gasteiger partial charge in [0.2, 0.25) is 11.9 Å². The number of anilines is 2. The molecule has 0 unspecified atom stereocenters. The Balaban J connectivity index is 1.66. The molecule has 0 bridgehead atoms.